The van der Waals surface area contributed by atoms with Gasteiger partial charge in [-0.3, -0.25) is 9.59 Å². The van der Waals surface area contributed by atoms with Gasteiger partial charge in [-0.15, -0.1) is 0 Å². The van der Waals surface area contributed by atoms with Crippen molar-refractivity contribution in [2.75, 3.05) is 26.2 Å². The molecule has 0 bridgehead atoms. The van der Waals surface area contributed by atoms with Crippen LogP contribution in [0.1, 0.15) is 37.3 Å². The van der Waals surface area contributed by atoms with Gasteiger partial charge < -0.3 is 9.80 Å². The maximum atomic E-state index is 12.5. The van der Waals surface area contributed by atoms with Crippen LogP contribution in [-0.2, 0) is 16.0 Å². The van der Waals surface area contributed by atoms with Crippen molar-refractivity contribution in [1.82, 2.24) is 9.80 Å². The number of carbonyl (C=O) groups is 2. The third-order valence-electron chi connectivity index (χ3n) is 4.10. The fourth-order valence-electron chi connectivity index (χ4n) is 2.90. The van der Waals surface area contributed by atoms with Crippen molar-refractivity contribution < 1.29 is 9.59 Å². The summed E-state index contributed by atoms with van der Waals surface area (Å²) in [5, 5.41) is 0. The summed E-state index contributed by atoms with van der Waals surface area (Å²) < 4.78 is 0. The minimum Gasteiger partial charge on any atom is -0.341 e. The molecule has 2 rings (SSSR count). The summed E-state index contributed by atoms with van der Waals surface area (Å²) in [5.41, 5.74) is 2.24. The van der Waals surface area contributed by atoms with Crippen molar-refractivity contribution in [1.29, 1.82) is 0 Å². The highest BCUT2D eigenvalue weighted by Crippen LogP contribution is 2.10. The predicted molar refractivity (Wildman–Crippen MR) is 87.6 cm³/mol. The van der Waals surface area contributed by atoms with E-state index in [1.54, 1.807) is 0 Å². The third-order valence-corrected chi connectivity index (χ3v) is 4.10. The number of hydrogen-bond donors (Lipinski definition) is 0. The van der Waals surface area contributed by atoms with Crippen molar-refractivity contribution in [3.8, 4) is 0 Å². The van der Waals surface area contributed by atoms with Crippen LogP contribution in [0, 0.1) is 6.92 Å². The number of nitrogens with zero attached hydrogens (tertiary/aromatic N) is 2. The molecule has 1 aromatic rings. The maximum Gasteiger partial charge on any atom is 0.227 e. The fraction of sp³-hybridized carbons (Fsp3) is 0.556. The van der Waals surface area contributed by atoms with Gasteiger partial charge in [-0.2, -0.15) is 0 Å². The second-order valence-corrected chi connectivity index (χ2v) is 6.03. The summed E-state index contributed by atoms with van der Waals surface area (Å²) in [6, 6.07) is 8.09. The first kappa shape index (κ1) is 16.5. The molecule has 0 aliphatic carbocycles. The van der Waals surface area contributed by atoms with Gasteiger partial charge in [0.05, 0.1) is 6.42 Å². The molecule has 1 saturated heterocycles. The van der Waals surface area contributed by atoms with Crippen LogP contribution in [0.3, 0.4) is 0 Å². The minimum absolute atomic E-state index is 0.162. The summed E-state index contributed by atoms with van der Waals surface area (Å²) in [6.45, 7) is 6.90. The van der Waals surface area contributed by atoms with Crippen LogP contribution in [0.5, 0.6) is 0 Å². The van der Waals surface area contributed by atoms with E-state index in [1.165, 1.54) is 5.56 Å². The molecule has 4 nitrogen and oxygen atoms in total. The Kier molecular flexibility index (Phi) is 5.99. The first-order valence-corrected chi connectivity index (χ1v) is 8.21. The molecule has 1 heterocycles. The summed E-state index contributed by atoms with van der Waals surface area (Å²) in [7, 11) is 0. The Morgan fingerprint density at radius 2 is 1.73 bits per heavy atom. The van der Waals surface area contributed by atoms with Crippen molar-refractivity contribution in [2.45, 2.75) is 39.5 Å². The highest BCUT2D eigenvalue weighted by Gasteiger charge is 2.21. The van der Waals surface area contributed by atoms with Crippen molar-refractivity contribution in [3.05, 3.63) is 35.4 Å². The SMILES string of the molecule is CCCC(=O)N1CCCN(C(=O)Cc2cccc(C)c2)CC1. The molecule has 0 spiro atoms. The van der Waals surface area contributed by atoms with Gasteiger partial charge in [-0.1, -0.05) is 36.8 Å². The number of rotatable bonds is 4. The van der Waals surface area contributed by atoms with Crippen LogP contribution in [-0.4, -0.2) is 47.8 Å². The van der Waals surface area contributed by atoms with Gasteiger partial charge in [-0.25, -0.2) is 0 Å². The largest absolute Gasteiger partial charge is 0.341 e. The molecule has 1 aromatic carbocycles. The van der Waals surface area contributed by atoms with E-state index in [4.69, 9.17) is 0 Å². The van der Waals surface area contributed by atoms with Gasteiger partial charge in [0.1, 0.15) is 0 Å². The Balaban J connectivity index is 1.90. The summed E-state index contributed by atoms with van der Waals surface area (Å²) >= 11 is 0. The Morgan fingerprint density at radius 1 is 1.05 bits per heavy atom. The standard InChI is InChI=1S/C18H26N2O2/c1-3-6-17(21)19-9-5-10-20(12-11-19)18(22)14-16-8-4-7-15(2)13-16/h4,7-8,13H,3,5-6,9-12,14H2,1-2H3. The molecule has 0 unspecified atom stereocenters. The molecule has 22 heavy (non-hydrogen) atoms. The van der Waals surface area contributed by atoms with Crippen LogP contribution in [0.4, 0.5) is 0 Å². The molecule has 120 valence electrons. The molecule has 2 amide bonds. The molecule has 1 aliphatic heterocycles. The monoisotopic (exact) mass is 302 g/mol. The summed E-state index contributed by atoms with van der Waals surface area (Å²) in [5.74, 6) is 0.380. The van der Waals surface area contributed by atoms with Gasteiger partial charge in [-0.05, 0) is 25.3 Å². The zero-order chi connectivity index (χ0) is 15.9. The van der Waals surface area contributed by atoms with Gasteiger partial charge in [0.2, 0.25) is 11.8 Å². The molecule has 0 aromatic heterocycles. The van der Waals surface area contributed by atoms with Gasteiger partial charge in [0.25, 0.3) is 0 Å². The Labute approximate surface area is 133 Å². The normalized spacial score (nSPS) is 15.5. The quantitative estimate of drug-likeness (QED) is 0.857. The lowest BCUT2D eigenvalue weighted by molar-refractivity contribution is -0.133. The first-order chi connectivity index (χ1) is 10.6. The van der Waals surface area contributed by atoms with Crippen LogP contribution in [0.2, 0.25) is 0 Å². The molecule has 1 fully saturated rings. The van der Waals surface area contributed by atoms with E-state index in [2.05, 4.69) is 6.07 Å². The smallest absolute Gasteiger partial charge is 0.227 e. The molecule has 0 N–H and O–H groups in total. The van der Waals surface area contributed by atoms with E-state index in [1.807, 2.05) is 41.8 Å². The van der Waals surface area contributed by atoms with E-state index in [9.17, 15) is 9.59 Å². The van der Waals surface area contributed by atoms with Crippen LogP contribution < -0.4 is 0 Å². The van der Waals surface area contributed by atoms with E-state index in [-0.39, 0.29) is 11.8 Å². The molecule has 0 saturated carbocycles. The molecule has 1 aliphatic rings. The maximum absolute atomic E-state index is 12.5. The molecule has 0 atom stereocenters. The summed E-state index contributed by atoms with van der Waals surface area (Å²) in [6.07, 6.45) is 2.81. The van der Waals surface area contributed by atoms with Gasteiger partial charge in [0, 0.05) is 32.6 Å². The lowest BCUT2D eigenvalue weighted by Crippen LogP contribution is -2.37. The zero-order valence-electron chi connectivity index (χ0n) is 13.7. The van der Waals surface area contributed by atoms with Gasteiger partial charge in [0.15, 0.2) is 0 Å². The number of aryl methyl sites for hydroxylation is 1. The lowest BCUT2D eigenvalue weighted by atomic mass is 10.1. The molecule has 4 heteroatoms. The third kappa shape index (κ3) is 4.58. The predicted octanol–water partition coefficient (Wildman–Crippen LogP) is 2.40. The number of carbonyl (C=O) groups excluding carboxylic acids is 2. The summed E-state index contributed by atoms with van der Waals surface area (Å²) in [4.78, 5) is 28.2. The second-order valence-electron chi connectivity index (χ2n) is 6.03. The average Bonchev–Trinajstić information content (AvgIpc) is 2.73. The van der Waals surface area contributed by atoms with E-state index < -0.39 is 0 Å². The lowest BCUT2D eigenvalue weighted by Gasteiger charge is -2.22. The highest BCUT2D eigenvalue weighted by atomic mass is 16.2. The average molecular weight is 302 g/mol. The van der Waals surface area contributed by atoms with E-state index >= 15 is 0 Å². The highest BCUT2D eigenvalue weighted by molar-refractivity contribution is 5.79. The first-order valence-electron chi connectivity index (χ1n) is 8.21. The Bertz CT molecular complexity index is 528. The second kappa shape index (κ2) is 7.97. The topological polar surface area (TPSA) is 40.6 Å². The molecular weight excluding hydrogens is 276 g/mol. The zero-order valence-corrected chi connectivity index (χ0v) is 13.7. The van der Waals surface area contributed by atoms with E-state index in [0.717, 1.165) is 31.5 Å². The van der Waals surface area contributed by atoms with E-state index in [0.29, 0.717) is 25.9 Å². The number of amides is 2. The van der Waals surface area contributed by atoms with Crippen molar-refractivity contribution in [3.63, 3.8) is 0 Å². The Hall–Kier alpha value is -1.84. The van der Waals surface area contributed by atoms with Crippen LogP contribution >= 0.6 is 0 Å². The number of hydrogen-bond acceptors (Lipinski definition) is 2. The van der Waals surface area contributed by atoms with Crippen molar-refractivity contribution in [2.24, 2.45) is 0 Å². The molecule has 0 radical (unpaired) electrons. The van der Waals surface area contributed by atoms with Gasteiger partial charge >= 0.3 is 0 Å². The Morgan fingerprint density at radius 3 is 2.36 bits per heavy atom. The number of benzene rings is 1. The molecular formula is C18H26N2O2. The van der Waals surface area contributed by atoms with Crippen LogP contribution in [0.25, 0.3) is 0 Å². The van der Waals surface area contributed by atoms with Crippen molar-refractivity contribution >= 4 is 11.8 Å². The minimum atomic E-state index is 0.162. The van der Waals surface area contributed by atoms with Crippen LogP contribution in [0.15, 0.2) is 24.3 Å². The fourth-order valence-corrected chi connectivity index (χ4v) is 2.90.